The second-order valence-corrected chi connectivity index (χ2v) is 13.4. The van der Waals surface area contributed by atoms with Crippen LogP contribution in [0.15, 0.2) is 24.3 Å². The topological polar surface area (TPSA) is 92.3 Å². The summed E-state index contributed by atoms with van der Waals surface area (Å²) in [6, 6.07) is 5.27. The van der Waals surface area contributed by atoms with Gasteiger partial charge in [0.1, 0.15) is 10.8 Å². The van der Waals surface area contributed by atoms with E-state index in [2.05, 4.69) is 31.4 Å². The van der Waals surface area contributed by atoms with E-state index in [4.69, 9.17) is 0 Å². The van der Waals surface area contributed by atoms with Gasteiger partial charge < -0.3 is 10.6 Å². The zero-order valence-corrected chi connectivity index (χ0v) is 20.7. The van der Waals surface area contributed by atoms with Crippen LogP contribution in [0.3, 0.4) is 0 Å². The van der Waals surface area contributed by atoms with E-state index in [0.29, 0.717) is 29.3 Å². The van der Waals surface area contributed by atoms with Crippen LogP contribution in [0.25, 0.3) is 0 Å². The summed E-state index contributed by atoms with van der Waals surface area (Å²) in [6.07, 6.45) is 2.81. The molecule has 6 nitrogen and oxygen atoms in total. The maximum atomic E-state index is 14.2. The first kappa shape index (κ1) is 23.9. The molecule has 178 valence electrons. The predicted octanol–water partition coefficient (Wildman–Crippen LogP) is 4.21. The zero-order valence-electron chi connectivity index (χ0n) is 19.0. The van der Waals surface area contributed by atoms with Gasteiger partial charge >= 0.3 is 0 Å². The molecule has 1 fully saturated rings. The third-order valence-corrected chi connectivity index (χ3v) is 9.57. The second kappa shape index (κ2) is 8.83. The molecule has 1 aliphatic carbocycles. The van der Waals surface area contributed by atoms with Gasteiger partial charge in [-0.05, 0) is 54.7 Å². The standard InChI is InChI=1S/C24H29FN2O4S2/c1-24(2,3)14-8-9-17-19(12-14)32-23(27-21(28)16-6-4-5-7-18(16)25)20(17)22(29)26-15-10-11-33(30,31)13-15/h4-7,14-15H,8-13H2,1-3H3,(H,26,29)(H,27,28). The van der Waals surface area contributed by atoms with Crippen molar-refractivity contribution in [3.05, 3.63) is 51.7 Å². The van der Waals surface area contributed by atoms with Crippen LogP contribution in [0.4, 0.5) is 9.39 Å². The normalized spacial score (nSPS) is 21.9. The van der Waals surface area contributed by atoms with Crippen molar-refractivity contribution in [3.63, 3.8) is 0 Å². The maximum absolute atomic E-state index is 14.2. The van der Waals surface area contributed by atoms with Crippen molar-refractivity contribution in [2.45, 2.75) is 52.5 Å². The number of thiophene rings is 1. The minimum Gasteiger partial charge on any atom is -0.348 e. The van der Waals surface area contributed by atoms with Gasteiger partial charge in [0.15, 0.2) is 9.84 Å². The number of rotatable bonds is 4. The summed E-state index contributed by atoms with van der Waals surface area (Å²) in [7, 11) is -3.14. The molecular formula is C24H29FN2O4S2. The molecule has 33 heavy (non-hydrogen) atoms. The molecule has 4 rings (SSSR count). The molecule has 9 heteroatoms. The Bertz CT molecular complexity index is 1200. The maximum Gasteiger partial charge on any atom is 0.259 e. The van der Waals surface area contributed by atoms with Gasteiger partial charge in [-0.2, -0.15) is 0 Å². The molecule has 1 aromatic heterocycles. The Morgan fingerprint density at radius 2 is 1.85 bits per heavy atom. The Kier molecular flexibility index (Phi) is 6.39. The summed E-state index contributed by atoms with van der Waals surface area (Å²) in [5.74, 6) is -1.21. The Morgan fingerprint density at radius 3 is 2.48 bits per heavy atom. The summed E-state index contributed by atoms with van der Waals surface area (Å²) < 4.78 is 37.8. The van der Waals surface area contributed by atoms with E-state index in [1.165, 1.54) is 29.5 Å². The Balaban J connectivity index is 1.66. The number of fused-ring (bicyclic) bond motifs is 1. The quantitative estimate of drug-likeness (QED) is 0.669. The molecule has 2 aromatic rings. The number of amides is 2. The molecule has 2 amide bonds. The first-order valence-electron chi connectivity index (χ1n) is 11.2. The van der Waals surface area contributed by atoms with Crippen LogP contribution in [0.1, 0.15) is 64.8 Å². The highest BCUT2D eigenvalue weighted by molar-refractivity contribution is 7.91. The summed E-state index contributed by atoms with van der Waals surface area (Å²) in [4.78, 5) is 27.2. The predicted molar refractivity (Wildman–Crippen MR) is 128 cm³/mol. The fourth-order valence-electron chi connectivity index (χ4n) is 4.64. The smallest absolute Gasteiger partial charge is 0.259 e. The van der Waals surface area contributed by atoms with E-state index in [9.17, 15) is 22.4 Å². The second-order valence-electron chi connectivity index (χ2n) is 10.0. The van der Waals surface area contributed by atoms with Gasteiger partial charge in [0.05, 0.1) is 22.6 Å². The summed E-state index contributed by atoms with van der Waals surface area (Å²) in [5.41, 5.74) is 1.31. The van der Waals surface area contributed by atoms with Gasteiger partial charge in [-0.3, -0.25) is 9.59 Å². The van der Waals surface area contributed by atoms with Crippen molar-refractivity contribution >= 4 is 38.0 Å². The zero-order chi connectivity index (χ0) is 24.0. The first-order chi connectivity index (χ1) is 15.4. The molecule has 2 aliphatic rings. The molecule has 2 unspecified atom stereocenters. The van der Waals surface area contributed by atoms with Gasteiger partial charge in [0.25, 0.3) is 11.8 Å². The monoisotopic (exact) mass is 492 g/mol. The lowest BCUT2D eigenvalue weighted by atomic mass is 9.72. The fourth-order valence-corrected chi connectivity index (χ4v) is 7.63. The lowest BCUT2D eigenvalue weighted by Gasteiger charge is -2.33. The number of sulfone groups is 1. The van der Waals surface area contributed by atoms with Crippen LogP contribution in [-0.4, -0.2) is 37.8 Å². The van der Waals surface area contributed by atoms with Crippen LogP contribution in [0, 0.1) is 17.2 Å². The van der Waals surface area contributed by atoms with Crippen LogP contribution in [0.5, 0.6) is 0 Å². The number of anilines is 1. The van der Waals surface area contributed by atoms with Gasteiger partial charge in [-0.15, -0.1) is 11.3 Å². The van der Waals surface area contributed by atoms with Crippen LogP contribution in [-0.2, 0) is 22.7 Å². The minimum absolute atomic E-state index is 0.0594. The van der Waals surface area contributed by atoms with Crippen LogP contribution >= 0.6 is 11.3 Å². The largest absolute Gasteiger partial charge is 0.348 e. The van der Waals surface area contributed by atoms with Crippen molar-refractivity contribution in [2.24, 2.45) is 11.3 Å². The number of hydrogen-bond acceptors (Lipinski definition) is 5. The first-order valence-corrected chi connectivity index (χ1v) is 13.8. The SMILES string of the molecule is CC(C)(C)C1CCc2c(sc(NC(=O)c3ccccc3F)c2C(=O)NC2CCS(=O)(=O)C2)C1. The number of benzene rings is 1. The number of carbonyl (C=O) groups is 2. The van der Waals surface area contributed by atoms with Crippen molar-refractivity contribution in [1.29, 1.82) is 0 Å². The summed E-state index contributed by atoms with van der Waals surface area (Å²) >= 11 is 1.36. The van der Waals surface area contributed by atoms with Gasteiger partial charge in [0, 0.05) is 10.9 Å². The van der Waals surface area contributed by atoms with Crippen LogP contribution in [0.2, 0.25) is 0 Å². The molecule has 1 aromatic carbocycles. The highest BCUT2D eigenvalue weighted by Gasteiger charge is 2.36. The molecule has 2 heterocycles. The molecule has 0 saturated carbocycles. The molecule has 0 radical (unpaired) electrons. The highest BCUT2D eigenvalue weighted by atomic mass is 32.2. The molecule has 0 bridgehead atoms. The average molecular weight is 493 g/mol. The number of halogens is 1. The van der Waals surface area contributed by atoms with Gasteiger partial charge in [0.2, 0.25) is 0 Å². The van der Waals surface area contributed by atoms with Crippen molar-refractivity contribution in [1.82, 2.24) is 5.32 Å². The van der Waals surface area contributed by atoms with E-state index in [0.717, 1.165) is 23.3 Å². The minimum atomic E-state index is -3.14. The highest BCUT2D eigenvalue weighted by Crippen LogP contribution is 2.44. The fraction of sp³-hybridized carbons (Fsp3) is 0.500. The lowest BCUT2D eigenvalue weighted by Crippen LogP contribution is -2.36. The van der Waals surface area contributed by atoms with E-state index < -0.39 is 27.6 Å². The molecular weight excluding hydrogens is 463 g/mol. The molecule has 2 atom stereocenters. The average Bonchev–Trinajstić information content (AvgIpc) is 3.25. The third kappa shape index (κ3) is 5.14. The summed E-state index contributed by atoms with van der Waals surface area (Å²) in [6.45, 7) is 6.60. The summed E-state index contributed by atoms with van der Waals surface area (Å²) in [5, 5.41) is 6.01. The van der Waals surface area contributed by atoms with Crippen molar-refractivity contribution in [3.8, 4) is 0 Å². The molecule has 0 spiro atoms. The van der Waals surface area contributed by atoms with E-state index in [-0.39, 0.29) is 28.4 Å². The van der Waals surface area contributed by atoms with Gasteiger partial charge in [-0.25, -0.2) is 12.8 Å². The Hall–Kier alpha value is -2.26. The Morgan fingerprint density at radius 1 is 1.12 bits per heavy atom. The number of hydrogen-bond donors (Lipinski definition) is 2. The van der Waals surface area contributed by atoms with Crippen molar-refractivity contribution in [2.75, 3.05) is 16.8 Å². The van der Waals surface area contributed by atoms with Crippen LogP contribution < -0.4 is 10.6 Å². The molecule has 1 aliphatic heterocycles. The van der Waals surface area contributed by atoms with Gasteiger partial charge in [-0.1, -0.05) is 32.9 Å². The number of nitrogens with one attached hydrogen (secondary N) is 2. The van der Waals surface area contributed by atoms with E-state index >= 15 is 0 Å². The van der Waals surface area contributed by atoms with Crippen molar-refractivity contribution < 1.29 is 22.4 Å². The molecule has 1 saturated heterocycles. The van der Waals surface area contributed by atoms with E-state index in [1.54, 1.807) is 6.07 Å². The number of carbonyl (C=O) groups excluding carboxylic acids is 2. The van der Waals surface area contributed by atoms with E-state index in [1.807, 2.05) is 0 Å². The molecule has 2 N–H and O–H groups in total. The Labute approximate surface area is 197 Å². The third-order valence-electron chi connectivity index (χ3n) is 6.63. The lowest BCUT2D eigenvalue weighted by molar-refractivity contribution is 0.0941.